The van der Waals surface area contributed by atoms with E-state index in [0.717, 1.165) is 0 Å². The molecule has 0 saturated heterocycles. The molecule has 1 rings (SSSR count). The third kappa shape index (κ3) is 3.22. The Balaban J connectivity index is 3.08. The smallest absolute Gasteiger partial charge is 0.339 e. The topological polar surface area (TPSA) is 54.4 Å². The van der Waals surface area contributed by atoms with Crippen LogP contribution < -0.4 is 0 Å². The number of hydrogen-bond donors (Lipinski definition) is 1. The molecule has 3 nitrogen and oxygen atoms in total. The van der Waals surface area contributed by atoms with Gasteiger partial charge in [0.2, 0.25) is 0 Å². The van der Waals surface area contributed by atoms with Gasteiger partial charge in [0.25, 0.3) is 0 Å². The maximum absolute atomic E-state index is 11.0. The van der Waals surface area contributed by atoms with Crippen LogP contribution in [0.3, 0.4) is 0 Å². The average molecular weight is 225 g/mol. The van der Waals surface area contributed by atoms with Gasteiger partial charge in [-0.05, 0) is 30.7 Å². The fraction of sp³-hybridized carbons (Fsp3) is 0.0909. The molecule has 0 bridgehead atoms. The van der Waals surface area contributed by atoms with Crippen molar-refractivity contribution in [3.05, 3.63) is 40.4 Å². The monoisotopic (exact) mass is 224 g/mol. The lowest BCUT2D eigenvalue weighted by Gasteiger charge is -1.97. The van der Waals surface area contributed by atoms with Crippen molar-refractivity contribution in [3.63, 3.8) is 0 Å². The number of carbonyl (C=O) groups is 2. The van der Waals surface area contributed by atoms with E-state index in [1.165, 1.54) is 13.0 Å². The van der Waals surface area contributed by atoms with Crippen molar-refractivity contribution >= 4 is 29.4 Å². The molecule has 0 saturated carbocycles. The van der Waals surface area contributed by atoms with Crippen LogP contribution in [0, 0.1) is 0 Å². The van der Waals surface area contributed by atoms with Crippen LogP contribution in [0.5, 0.6) is 0 Å². The minimum Gasteiger partial charge on any atom is -0.478 e. The summed E-state index contributed by atoms with van der Waals surface area (Å²) in [6, 6.07) is 6.56. The minimum atomic E-state index is -1.22. The van der Waals surface area contributed by atoms with E-state index in [0.29, 0.717) is 10.6 Å². The van der Waals surface area contributed by atoms with Crippen molar-refractivity contribution in [1.29, 1.82) is 0 Å². The minimum absolute atomic E-state index is 0.239. The first kappa shape index (κ1) is 11.5. The van der Waals surface area contributed by atoms with Gasteiger partial charge in [-0.25, -0.2) is 4.79 Å². The second kappa shape index (κ2) is 4.75. The Morgan fingerprint density at radius 1 is 1.27 bits per heavy atom. The van der Waals surface area contributed by atoms with Crippen LogP contribution in [0.4, 0.5) is 0 Å². The maximum Gasteiger partial charge on any atom is 0.339 e. The van der Waals surface area contributed by atoms with Crippen LogP contribution >= 0.6 is 11.6 Å². The zero-order valence-electron chi connectivity index (χ0n) is 8.03. The molecule has 1 aromatic rings. The highest BCUT2D eigenvalue weighted by Gasteiger charge is 2.12. The van der Waals surface area contributed by atoms with Crippen LogP contribution in [0.1, 0.15) is 12.5 Å². The van der Waals surface area contributed by atoms with Crippen LogP contribution in [0.25, 0.3) is 6.08 Å². The van der Waals surface area contributed by atoms with Gasteiger partial charge in [-0.3, -0.25) is 4.79 Å². The number of Topliss-reactive ketones (excluding diaryl/α,β-unsaturated/α-hetero) is 1. The third-order valence-electron chi connectivity index (χ3n) is 1.79. The van der Waals surface area contributed by atoms with Gasteiger partial charge >= 0.3 is 5.97 Å². The van der Waals surface area contributed by atoms with Gasteiger partial charge in [0.1, 0.15) is 5.57 Å². The second-order valence-corrected chi connectivity index (χ2v) is 3.41. The van der Waals surface area contributed by atoms with E-state index in [4.69, 9.17) is 16.7 Å². The molecule has 0 fully saturated rings. The third-order valence-corrected chi connectivity index (χ3v) is 2.04. The molecular formula is C11H9ClO3. The van der Waals surface area contributed by atoms with Crippen LogP contribution in [0.15, 0.2) is 29.8 Å². The van der Waals surface area contributed by atoms with E-state index in [-0.39, 0.29) is 5.57 Å². The second-order valence-electron chi connectivity index (χ2n) is 2.97. The van der Waals surface area contributed by atoms with Gasteiger partial charge in [-0.1, -0.05) is 23.7 Å². The number of aliphatic carboxylic acids is 1. The quantitative estimate of drug-likeness (QED) is 0.487. The molecule has 4 heteroatoms. The Labute approximate surface area is 92.0 Å². The molecule has 1 aromatic carbocycles. The predicted molar refractivity (Wildman–Crippen MR) is 57.7 cm³/mol. The average Bonchev–Trinajstić information content (AvgIpc) is 2.15. The molecule has 0 atom stereocenters. The molecule has 0 radical (unpaired) electrons. The summed E-state index contributed by atoms with van der Waals surface area (Å²) in [6.07, 6.45) is 1.32. The highest BCUT2D eigenvalue weighted by atomic mass is 35.5. The Bertz CT molecular complexity index is 402. The molecular weight excluding hydrogens is 216 g/mol. The number of benzene rings is 1. The summed E-state index contributed by atoms with van der Waals surface area (Å²) in [4.78, 5) is 21.7. The molecule has 0 amide bonds. The number of carboxylic acid groups (broad SMARTS) is 1. The molecule has 0 aliphatic heterocycles. The number of carbonyl (C=O) groups excluding carboxylic acids is 1. The van der Waals surface area contributed by atoms with Crippen LogP contribution in [-0.4, -0.2) is 16.9 Å². The van der Waals surface area contributed by atoms with Crippen LogP contribution in [0.2, 0.25) is 5.02 Å². The molecule has 0 spiro atoms. The van der Waals surface area contributed by atoms with Gasteiger partial charge in [-0.15, -0.1) is 0 Å². The summed E-state index contributed by atoms with van der Waals surface area (Å²) in [5.74, 6) is -1.70. The normalized spacial score (nSPS) is 11.2. The standard InChI is InChI=1S/C11H9ClO3/c1-7(13)10(11(14)15)6-8-2-4-9(12)5-3-8/h2-6H,1H3,(H,14,15). The Hall–Kier alpha value is -1.61. The summed E-state index contributed by atoms with van der Waals surface area (Å²) >= 11 is 5.67. The molecule has 78 valence electrons. The van der Waals surface area contributed by atoms with Crippen molar-refractivity contribution in [3.8, 4) is 0 Å². The van der Waals surface area contributed by atoms with Gasteiger partial charge in [-0.2, -0.15) is 0 Å². The fourth-order valence-electron chi connectivity index (χ4n) is 1.04. The van der Waals surface area contributed by atoms with Crippen molar-refractivity contribution in [2.24, 2.45) is 0 Å². The molecule has 0 aromatic heterocycles. The lowest BCUT2D eigenvalue weighted by Crippen LogP contribution is -2.08. The van der Waals surface area contributed by atoms with Crippen molar-refractivity contribution in [2.45, 2.75) is 6.92 Å². The molecule has 0 heterocycles. The van der Waals surface area contributed by atoms with E-state index in [1.807, 2.05) is 0 Å². The number of carboxylic acids is 1. The summed E-state index contributed by atoms with van der Waals surface area (Å²) in [5, 5.41) is 9.31. The first-order valence-corrected chi connectivity index (χ1v) is 4.60. The first-order chi connectivity index (χ1) is 7.00. The highest BCUT2D eigenvalue weighted by Crippen LogP contribution is 2.13. The molecule has 15 heavy (non-hydrogen) atoms. The van der Waals surface area contributed by atoms with Crippen molar-refractivity contribution in [2.75, 3.05) is 0 Å². The predicted octanol–water partition coefficient (Wildman–Crippen LogP) is 2.40. The molecule has 1 N–H and O–H groups in total. The molecule has 0 aliphatic rings. The van der Waals surface area contributed by atoms with E-state index < -0.39 is 11.8 Å². The van der Waals surface area contributed by atoms with Crippen molar-refractivity contribution < 1.29 is 14.7 Å². The number of ketones is 1. The fourth-order valence-corrected chi connectivity index (χ4v) is 1.17. The first-order valence-electron chi connectivity index (χ1n) is 4.22. The van der Waals surface area contributed by atoms with Crippen molar-refractivity contribution in [1.82, 2.24) is 0 Å². The molecule has 0 aliphatic carbocycles. The van der Waals surface area contributed by atoms with E-state index >= 15 is 0 Å². The number of halogens is 1. The molecule has 0 unspecified atom stereocenters. The van der Waals surface area contributed by atoms with Gasteiger partial charge in [0.15, 0.2) is 5.78 Å². The summed E-state index contributed by atoms with van der Waals surface area (Å²) in [7, 11) is 0. The zero-order valence-corrected chi connectivity index (χ0v) is 8.78. The largest absolute Gasteiger partial charge is 0.478 e. The van der Waals surface area contributed by atoms with Gasteiger partial charge in [0, 0.05) is 5.02 Å². The summed E-state index contributed by atoms with van der Waals surface area (Å²) in [6.45, 7) is 1.22. The Morgan fingerprint density at radius 3 is 2.20 bits per heavy atom. The Morgan fingerprint density at radius 2 is 1.80 bits per heavy atom. The van der Waals surface area contributed by atoms with E-state index in [9.17, 15) is 9.59 Å². The van der Waals surface area contributed by atoms with E-state index in [1.54, 1.807) is 24.3 Å². The number of hydrogen-bond acceptors (Lipinski definition) is 2. The number of rotatable bonds is 3. The van der Waals surface area contributed by atoms with Gasteiger partial charge < -0.3 is 5.11 Å². The Kier molecular flexibility index (Phi) is 3.63. The maximum atomic E-state index is 11.0. The van der Waals surface area contributed by atoms with Crippen LogP contribution in [-0.2, 0) is 9.59 Å². The lowest BCUT2D eigenvalue weighted by atomic mass is 10.1. The van der Waals surface area contributed by atoms with E-state index in [2.05, 4.69) is 0 Å². The lowest BCUT2D eigenvalue weighted by molar-refractivity contribution is -0.134. The SMILES string of the molecule is CC(=O)C(=Cc1ccc(Cl)cc1)C(=O)O. The zero-order chi connectivity index (χ0) is 11.4. The summed E-state index contributed by atoms with van der Waals surface area (Å²) in [5.41, 5.74) is 0.393. The van der Waals surface area contributed by atoms with Gasteiger partial charge in [0.05, 0.1) is 0 Å². The highest BCUT2D eigenvalue weighted by molar-refractivity contribution is 6.30. The summed E-state index contributed by atoms with van der Waals surface area (Å²) < 4.78 is 0.